The molecule has 124 valence electrons. The van der Waals surface area contributed by atoms with Crippen molar-refractivity contribution < 1.29 is 18.3 Å². The quantitative estimate of drug-likeness (QED) is 0.871. The van der Waals surface area contributed by atoms with Gasteiger partial charge in [-0.2, -0.15) is 8.78 Å². The van der Waals surface area contributed by atoms with Crippen LogP contribution in [0.4, 0.5) is 8.78 Å². The fraction of sp³-hybridized carbons (Fsp3) is 0.562. The first kappa shape index (κ1) is 15.0. The van der Waals surface area contributed by atoms with Gasteiger partial charge in [0.2, 0.25) is 0 Å². The third kappa shape index (κ3) is 2.73. The Morgan fingerprint density at radius 2 is 2.00 bits per heavy atom. The van der Waals surface area contributed by atoms with E-state index < -0.39 is 12.3 Å². The van der Waals surface area contributed by atoms with Crippen LogP contribution in [0.2, 0.25) is 0 Å². The van der Waals surface area contributed by atoms with Crippen molar-refractivity contribution in [2.24, 2.45) is 0 Å². The molecule has 1 aromatic carbocycles. The molecule has 5 nitrogen and oxygen atoms in total. The smallest absolute Gasteiger partial charge is 0.320 e. The minimum Gasteiger partial charge on any atom is -0.346 e. The predicted molar refractivity (Wildman–Crippen MR) is 80.1 cm³/mol. The summed E-state index contributed by atoms with van der Waals surface area (Å²) < 4.78 is 39.5. The molecule has 0 N–H and O–H groups in total. The zero-order valence-corrected chi connectivity index (χ0v) is 12.8. The number of nitrogens with zero attached hydrogens (tertiary/aromatic N) is 3. The fourth-order valence-corrected chi connectivity index (χ4v) is 3.56. The normalized spacial score (nSPS) is 21.7. The van der Waals surface area contributed by atoms with E-state index in [0.29, 0.717) is 43.2 Å². The number of halogens is 2. The summed E-state index contributed by atoms with van der Waals surface area (Å²) in [6.07, 6.45) is 1.78. The summed E-state index contributed by atoms with van der Waals surface area (Å²) in [6.45, 7) is 0.399. The molecule has 0 atom stereocenters. The summed E-state index contributed by atoms with van der Waals surface area (Å²) in [5.41, 5.74) is 1.07. The Kier molecular flexibility index (Phi) is 3.79. The third-order valence-electron chi connectivity index (χ3n) is 4.54. The van der Waals surface area contributed by atoms with E-state index >= 15 is 0 Å². The van der Waals surface area contributed by atoms with E-state index in [1.54, 1.807) is 18.2 Å². The van der Waals surface area contributed by atoms with Crippen LogP contribution in [-0.2, 0) is 16.0 Å². The molecule has 4 rings (SSSR count). The lowest BCUT2D eigenvalue weighted by atomic mass is 10.0. The van der Waals surface area contributed by atoms with E-state index in [0.717, 1.165) is 24.0 Å². The molecule has 2 aliphatic heterocycles. The lowest BCUT2D eigenvalue weighted by Crippen LogP contribution is -2.48. The maximum atomic E-state index is 13.5. The zero-order chi connectivity index (χ0) is 15.9. The molecule has 0 radical (unpaired) electrons. The molecule has 23 heavy (non-hydrogen) atoms. The van der Waals surface area contributed by atoms with Gasteiger partial charge in [0.1, 0.15) is 5.82 Å². The lowest BCUT2D eigenvalue weighted by Gasteiger charge is -2.38. The number of para-hydroxylation sites is 2. The Morgan fingerprint density at radius 3 is 2.78 bits per heavy atom. The van der Waals surface area contributed by atoms with E-state index in [9.17, 15) is 8.78 Å². The number of hydrogen-bond donors (Lipinski definition) is 0. The Labute approximate surface area is 132 Å². The van der Waals surface area contributed by atoms with Crippen LogP contribution in [-0.4, -0.2) is 46.5 Å². The molecule has 0 unspecified atom stereocenters. The summed E-state index contributed by atoms with van der Waals surface area (Å²) >= 11 is 0. The van der Waals surface area contributed by atoms with Crippen molar-refractivity contribution in [3.8, 4) is 0 Å². The molecule has 3 heterocycles. The number of ether oxygens (including phenoxy) is 2. The highest BCUT2D eigenvalue weighted by Crippen LogP contribution is 2.31. The first-order chi connectivity index (χ1) is 11.2. The average Bonchev–Trinajstić information content (AvgIpc) is 3.11. The minimum atomic E-state index is -2.60. The fourth-order valence-electron chi connectivity index (χ4n) is 3.56. The molecule has 2 aliphatic rings. The van der Waals surface area contributed by atoms with Gasteiger partial charge in [-0.1, -0.05) is 12.1 Å². The molecule has 0 amide bonds. The SMILES string of the molecule is FC(F)n1c(CN2CCCC3(C2)OCCO3)nc2ccccc21. The van der Waals surface area contributed by atoms with Gasteiger partial charge < -0.3 is 9.47 Å². The number of fused-ring (bicyclic) bond motifs is 1. The lowest BCUT2D eigenvalue weighted by molar-refractivity contribution is -0.190. The van der Waals surface area contributed by atoms with E-state index in [2.05, 4.69) is 9.88 Å². The maximum Gasteiger partial charge on any atom is 0.320 e. The molecule has 0 bridgehead atoms. The van der Waals surface area contributed by atoms with Crippen LogP contribution in [0.15, 0.2) is 24.3 Å². The summed E-state index contributed by atoms with van der Waals surface area (Å²) in [7, 11) is 0. The molecule has 0 aliphatic carbocycles. The zero-order valence-electron chi connectivity index (χ0n) is 12.8. The van der Waals surface area contributed by atoms with Crippen LogP contribution < -0.4 is 0 Å². The van der Waals surface area contributed by atoms with Crippen LogP contribution >= 0.6 is 0 Å². The highest BCUT2D eigenvalue weighted by atomic mass is 19.3. The van der Waals surface area contributed by atoms with Crippen LogP contribution in [0.25, 0.3) is 11.0 Å². The maximum absolute atomic E-state index is 13.5. The number of likely N-dealkylation sites (tertiary alicyclic amines) is 1. The van der Waals surface area contributed by atoms with Crippen molar-refractivity contribution >= 4 is 11.0 Å². The topological polar surface area (TPSA) is 39.5 Å². The van der Waals surface area contributed by atoms with Gasteiger partial charge in [0.25, 0.3) is 0 Å². The van der Waals surface area contributed by atoms with E-state index in [-0.39, 0.29) is 0 Å². The largest absolute Gasteiger partial charge is 0.346 e. The number of aromatic nitrogens is 2. The molecule has 0 saturated carbocycles. The monoisotopic (exact) mass is 323 g/mol. The molecule has 7 heteroatoms. The first-order valence-corrected chi connectivity index (χ1v) is 7.91. The Morgan fingerprint density at radius 1 is 1.22 bits per heavy atom. The van der Waals surface area contributed by atoms with Crippen LogP contribution in [0.5, 0.6) is 0 Å². The van der Waals surface area contributed by atoms with Gasteiger partial charge in [0.05, 0.1) is 37.3 Å². The van der Waals surface area contributed by atoms with Crippen molar-refractivity contribution in [1.29, 1.82) is 0 Å². The van der Waals surface area contributed by atoms with Gasteiger partial charge in [-0.3, -0.25) is 9.47 Å². The Bertz CT molecular complexity index is 698. The third-order valence-corrected chi connectivity index (χ3v) is 4.54. The number of imidazole rings is 1. The number of rotatable bonds is 3. The summed E-state index contributed by atoms with van der Waals surface area (Å²) in [5, 5.41) is 0. The molecule has 2 saturated heterocycles. The van der Waals surface area contributed by atoms with Crippen molar-refractivity contribution in [2.75, 3.05) is 26.3 Å². The van der Waals surface area contributed by atoms with Crippen molar-refractivity contribution in [2.45, 2.75) is 31.7 Å². The predicted octanol–water partition coefficient (Wildman–Crippen LogP) is 2.77. The van der Waals surface area contributed by atoms with Crippen LogP contribution in [0, 0.1) is 0 Å². The van der Waals surface area contributed by atoms with Gasteiger partial charge in [-0.15, -0.1) is 0 Å². The van der Waals surface area contributed by atoms with E-state index in [1.807, 2.05) is 6.07 Å². The van der Waals surface area contributed by atoms with Crippen molar-refractivity contribution in [3.63, 3.8) is 0 Å². The summed E-state index contributed by atoms with van der Waals surface area (Å²) in [4.78, 5) is 6.49. The minimum absolute atomic E-state index is 0.369. The summed E-state index contributed by atoms with van der Waals surface area (Å²) in [5.74, 6) is -0.170. The highest BCUT2D eigenvalue weighted by molar-refractivity contribution is 5.75. The van der Waals surface area contributed by atoms with Crippen molar-refractivity contribution in [3.05, 3.63) is 30.1 Å². The average molecular weight is 323 g/mol. The number of hydrogen-bond acceptors (Lipinski definition) is 4. The highest BCUT2D eigenvalue weighted by Gasteiger charge is 2.41. The van der Waals surface area contributed by atoms with E-state index in [1.165, 1.54) is 0 Å². The summed E-state index contributed by atoms with van der Waals surface area (Å²) in [6, 6.07) is 7.01. The number of alkyl halides is 2. The van der Waals surface area contributed by atoms with Gasteiger partial charge in [-0.25, -0.2) is 4.98 Å². The second-order valence-corrected chi connectivity index (χ2v) is 6.09. The molecule has 2 aromatic rings. The van der Waals surface area contributed by atoms with Gasteiger partial charge in [-0.05, 0) is 25.1 Å². The molecule has 1 spiro atoms. The molecular weight excluding hydrogens is 304 g/mol. The molecule has 1 aromatic heterocycles. The second kappa shape index (κ2) is 5.81. The van der Waals surface area contributed by atoms with Crippen LogP contribution in [0.1, 0.15) is 25.2 Å². The van der Waals surface area contributed by atoms with Gasteiger partial charge >= 0.3 is 6.55 Å². The van der Waals surface area contributed by atoms with E-state index in [4.69, 9.17) is 9.47 Å². The standard InChI is InChI=1S/C16H19F2N3O2/c17-15(18)21-13-5-2-1-4-12(13)19-14(21)10-20-7-3-6-16(11-20)22-8-9-23-16/h1-2,4-5,15H,3,6-11H2. The van der Waals surface area contributed by atoms with Crippen LogP contribution in [0.3, 0.4) is 0 Å². The molecule has 2 fully saturated rings. The van der Waals surface area contributed by atoms with Crippen molar-refractivity contribution in [1.82, 2.24) is 14.5 Å². The Hall–Kier alpha value is -1.57. The first-order valence-electron chi connectivity index (χ1n) is 7.91. The second-order valence-electron chi connectivity index (χ2n) is 6.09. The van der Waals surface area contributed by atoms with Gasteiger partial charge in [0.15, 0.2) is 5.79 Å². The molecular formula is C16H19F2N3O2. The van der Waals surface area contributed by atoms with Gasteiger partial charge in [0, 0.05) is 6.42 Å². The number of benzene rings is 1. The Balaban J connectivity index is 1.61. The number of piperidine rings is 1.